The van der Waals surface area contributed by atoms with Gasteiger partial charge in [-0.25, -0.2) is 0 Å². The topological polar surface area (TPSA) is 41.5 Å². The fourth-order valence-corrected chi connectivity index (χ4v) is 2.30. The summed E-state index contributed by atoms with van der Waals surface area (Å²) in [7, 11) is 1.65. The van der Waals surface area contributed by atoms with Crippen LogP contribution in [0.5, 0.6) is 5.75 Å². The predicted molar refractivity (Wildman–Crippen MR) is 63.5 cm³/mol. The maximum absolute atomic E-state index is 10.3. The summed E-state index contributed by atoms with van der Waals surface area (Å²) >= 11 is 0. The maximum Gasteiger partial charge on any atom is 0.118 e. The molecule has 3 heteroatoms. The van der Waals surface area contributed by atoms with E-state index in [0.717, 1.165) is 24.4 Å². The van der Waals surface area contributed by atoms with E-state index in [4.69, 9.17) is 4.74 Å². The van der Waals surface area contributed by atoms with Gasteiger partial charge in [0, 0.05) is 12.5 Å². The molecule has 0 aromatic heterocycles. The molecule has 1 aromatic rings. The second-order valence-electron chi connectivity index (χ2n) is 4.52. The zero-order chi connectivity index (χ0) is 11.5. The molecule has 1 saturated heterocycles. The van der Waals surface area contributed by atoms with Gasteiger partial charge in [0.1, 0.15) is 5.75 Å². The van der Waals surface area contributed by atoms with Crippen molar-refractivity contribution in [3.05, 3.63) is 29.8 Å². The van der Waals surface area contributed by atoms with Crippen molar-refractivity contribution in [3.8, 4) is 5.75 Å². The molecule has 1 heterocycles. The van der Waals surface area contributed by atoms with Crippen LogP contribution >= 0.6 is 0 Å². The highest BCUT2D eigenvalue weighted by atomic mass is 16.5. The summed E-state index contributed by atoms with van der Waals surface area (Å²) in [5.41, 5.74) is 0.973. The first-order valence-electron chi connectivity index (χ1n) is 5.75. The summed E-state index contributed by atoms with van der Waals surface area (Å²) < 4.78 is 5.10. The molecule has 2 N–H and O–H groups in total. The van der Waals surface area contributed by atoms with Crippen molar-refractivity contribution in [1.29, 1.82) is 0 Å². The SMILES string of the molecule is COc1ccc(C(O)[C@@H]2CNC[C@H]2C)cc1. The Bertz CT molecular complexity index is 336. The van der Waals surface area contributed by atoms with Gasteiger partial charge in [0.15, 0.2) is 0 Å². The third kappa shape index (κ3) is 2.20. The Kier molecular flexibility index (Phi) is 3.46. The first kappa shape index (κ1) is 11.4. The van der Waals surface area contributed by atoms with Crippen LogP contribution in [0.15, 0.2) is 24.3 Å². The Morgan fingerprint density at radius 2 is 2.00 bits per heavy atom. The number of hydrogen-bond donors (Lipinski definition) is 2. The normalized spacial score (nSPS) is 26.7. The van der Waals surface area contributed by atoms with E-state index in [2.05, 4.69) is 12.2 Å². The molecule has 3 atom stereocenters. The largest absolute Gasteiger partial charge is 0.497 e. The Morgan fingerprint density at radius 1 is 1.31 bits per heavy atom. The first-order valence-corrected chi connectivity index (χ1v) is 5.75. The lowest BCUT2D eigenvalue weighted by molar-refractivity contribution is 0.0983. The molecule has 0 spiro atoms. The summed E-state index contributed by atoms with van der Waals surface area (Å²) in [5, 5.41) is 13.6. The third-order valence-electron chi connectivity index (χ3n) is 3.44. The van der Waals surface area contributed by atoms with E-state index in [1.807, 2.05) is 24.3 Å². The molecule has 1 aliphatic rings. The monoisotopic (exact) mass is 221 g/mol. The molecule has 1 fully saturated rings. The minimum Gasteiger partial charge on any atom is -0.497 e. The lowest BCUT2D eigenvalue weighted by Gasteiger charge is -2.21. The van der Waals surface area contributed by atoms with E-state index in [1.54, 1.807) is 7.11 Å². The summed E-state index contributed by atoms with van der Waals surface area (Å²) in [6.45, 7) is 4.07. The van der Waals surface area contributed by atoms with E-state index in [1.165, 1.54) is 0 Å². The molecule has 0 aliphatic carbocycles. The van der Waals surface area contributed by atoms with Gasteiger partial charge in [-0.2, -0.15) is 0 Å². The minimum atomic E-state index is -0.379. The Balaban J connectivity index is 2.10. The smallest absolute Gasteiger partial charge is 0.118 e. The van der Waals surface area contributed by atoms with Crippen molar-refractivity contribution in [2.45, 2.75) is 13.0 Å². The second-order valence-corrected chi connectivity index (χ2v) is 4.52. The first-order chi connectivity index (χ1) is 7.72. The predicted octanol–water partition coefficient (Wildman–Crippen LogP) is 1.58. The van der Waals surface area contributed by atoms with E-state index in [0.29, 0.717) is 11.8 Å². The molecule has 88 valence electrons. The summed E-state index contributed by atoms with van der Waals surface area (Å²) in [4.78, 5) is 0. The van der Waals surface area contributed by atoms with Gasteiger partial charge in [0.05, 0.1) is 13.2 Å². The zero-order valence-corrected chi connectivity index (χ0v) is 9.81. The van der Waals surface area contributed by atoms with Gasteiger partial charge in [0.2, 0.25) is 0 Å². The molecule has 1 aliphatic heterocycles. The van der Waals surface area contributed by atoms with Crippen LogP contribution in [-0.4, -0.2) is 25.3 Å². The molecule has 16 heavy (non-hydrogen) atoms. The molecule has 2 rings (SSSR count). The van der Waals surface area contributed by atoms with Crippen LogP contribution in [0.4, 0.5) is 0 Å². The van der Waals surface area contributed by atoms with Crippen LogP contribution in [0.1, 0.15) is 18.6 Å². The average molecular weight is 221 g/mol. The average Bonchev–Trinajstić information content (AvgIpc) is 2.75. The standard InChI is InChI=1S/C13H19NO2/c1-9-7-14-8-12(9)13(15)10-3-5-11(16-2)6-4-10/h3-6,9,12-15H,7-8H2,1-2H3/t9-,12-,13?/m1/s1. The molecule has 1 aromatic carbocycles. The lowest BCUT2D eigenvalue weighted by atomic mass is 9.88. The van der Waals surface area contributed by atoms with E-state index in [9.17, 15) is 5.11 Å². The number of ether oxygens (including phenoxy) is 1. The third-order valence-corrected chi connectivity index (χ3v) is 3.44. The number of aliphatic hydroxyl groups excluding tert-OH is 1. The van der Waals surface area contributed by atoms with Crippen LogP contribution in [0.3, 0.4) is 0 Å². The van der Waals surface area contributed by atoms with Crippen molar-refractivity contribution < 1.29 is 9.84 Å². The van der Waals surface area contributed by atoms with Crippen molar-refractivity contribution >= 4 is 0 Å². The highest BCUT2D eigenvalue weighted by molar-refractivity contribution is 5.28. The molecule has 0 bridgehead atoms. The molecular formula is C13H19NO2. The zero-order valence-electron chi connectivity index (χ0n) is 9.81. The molecular weight excluding hydrogens is 202 g/mol. The lowest BCUT2D eigenvalue weighted by Crippen LogP contribution is -2.19. The maximum atomic E-state index is 10.3. The number of benzene rings is 1. The van der Waals surface area contributed by atoms with Crippen LogP contribution in [0.25, 0.3) is 0 Å². The minimum absolute atomic E-state index is 0.313. The van der Waals surface area contributed by atoms with Crippen molar-refractivity contribution in [2.24, 2.45) is 11.8 Å². The molecule has 0 saturated carbocycles. The van der Waals surface area contributed by atoms with Gasteiger partial charge in [-0.15, -0.1) is 0 Å². The quantitative estimate of drug-likeness (QED) is 0.814. The summed E-state index contributed by atoms with van der Waals surface area (Å²) in [5.74, 6) is 1.67. The number of hydrogen-bond acceptors (Lipinski definition) is 3. The Hall–Kier alpha value is -1.06. The number of methoxy groups -OCH3 is 1. The Morgan fingerprint density at radius 3 is 2.50 bits per heavy atom. The number of rotatable bonds is 3. The summed E-state index contributed by atoms with van der Waals surface area (Å²) in [6.07, 6.45) is -0.379. The highest BCUT2D eigenvalue weighted by Crippen LogP contribution is 2.31. The van der Waals surface area contributed by atoms with E-state index < -0.39 is 0 Å². The van der Waals surface area contributed by atoms with Gasteiger partial charge in [0.25, 0.3) is 0 Å². The fraction of sp³-hybridized carbons (Fsp3) is 0.538. The van der Waals surface area contributed by atoms with Crippen LogP contribution in [-0.2, 0) is 0 Å². The van der Waals surface area contributed by atoms with Gasteiger partial charge < -0.3 is 15.2 Å². The number of aliphatic hydroxyl groups is 1. The van der Waals surface area contributed by atoms with Gasteiger partial charge in [-0.05, 0) is 30.2 Å². The second kappa shape index (κ2) is 4.85. The van der Waals surface area contributed by atoms with Crippen LogP contribution in [0.2, 0.25) is 0 Å². The van der Waals surface area contributed by atoms with Crippen molar-refractivity contribution in [1.82, 2.24) is 5.32 Å². The highest BCUT2D eigenvalue weighted by Gasteiger charge is 2.30. The van der Waals surface area contributed by atoms with Crippen molar-refractivity contribution in [2.75, 3.05) is 20.2 Å². The molecule has 3 nitrogen and oxygen atoms in total. The number of nitrogens with one attached hydrogen (secondary N) is 1. The fourth-order valence-electron chi connectivity index (χ4n) is 2.30. The summed E-state index contributed by atoms with van der Waals surface area (Å²) in [6, 6.07) is 7.67. The molecule has 1 unspecified atom stereocenters. The Labute approximate surface area is 96.4 Å². The van der Waals surface area contributed by atoms with Crippen molar-refractivity contribution in [3.63, 3.8) is 0 Å². The van der Waals surface area contributed by atoms with E-state index in [-0.39, 0.29) is 6.10 Å². The van der Waals surface area contributed by atoms with Gasteiger partial charge in [-0.1, -0.05) is 19.1 Å². The molecule has 0 amide bonds. The molecule has 0 radical (unpaired) electrons. The van der Waals surface area contributed by atoms with E-state index >= 15 is 0 Å². The van der Waals surface area contributed by atoms with Crippen LogP contribution < -0.4 is 10.1 Å². The van der Waals surface area contributed by atoms with Crippen LogP contribution in [0, 0.1) is 11.8 Å². The van der Waals surface area contributed by atoms with Gasteiger partial charge >= 0.3 is 0 Å². The van der Waals surface area contributed by atoms with Gasteiger partial charge in [-0.3, -0.25) is 0 Å².